The van der Waals surface area contributed by atoms with Gasteiger partial charge in [0.2, 0.25) is 5.91 Å². The number of carbonyl (C=O) groups is 1. The van der Waals surface area contributed by atoms with E-state index in [-0.39, 0.29) is 12.0 Å². The van der Waals surface area contributed by atoms with Gasteiger partial charge in [0.05, 0.1) is 29.2 Å². The van der Waals surface area contributed by atoms with Crippen molar-refractivity contribution in [1.29, 1.82) is 0 Å². The molecular weight excluding hydrogens is 325 g/mol. The molecule has 0 spiro atoms. The van der Waals surface area contributed by atoms with Gasteiger partial charge in [0.25, 0.3) is 0 Å². The molecule has 1 N–H and O–H groups in total. The summed E-state index contributed by atoms with van der Waals surface area (Å²) in [5, 5.41) is 3.83. The van der Waals surface area contributed by atoms with E-state index in [4.69, 9.17) is 32.7 Å². The Kier molecular flexibility index (Phi) is 7.46. The second-order valence-electron chi connectivity index (χ2n) is 5.34. The molecule has 1 heterocycles. The van der Waals surface area contributed by atoms with Crippen LogP contribution in [-0.2, 0) is 20.7 Å². The molecule has 4 nitrogen and oxygen atoms in total. The quantitative estimate of drug-likeness (QED) is 0.735. The van der Waals surface area contributed by atoms with Gasteiger partial charge in [0, 0.05) is 19.8 Å². The zero-order valence-corrected chi connectivity index (χ0v) is 14.0. The van der Waals surface area contributed by atoms with Gasteiger partial charge in [-0.2, -0.15) is 0 Å². The highest BCUT2D eigenvalue weighted by molar-refractivity contribution is 6.42. The van der Waals surface area contributed by atoms with E-state index in [1.165, 1.54) is 0 Å². The van der Waals surface area contributed by atoms with Gasteiger partial charge in [-0.15, -0.1) is 0 Å². The largest absolute Gasteiger partial charge is 0.379 e. The molecule has 22 heavy (non-hydrogen) atoms. The summed E-state index contributed by atoms with van der Waals surface area (Å²) in [6, 6.07) is 5.22. The lowest BCUT2D eigenvalue weighted by Crippen LogP contribution is -2.27. The molecule has 1 aromatic rings. The van der Waals surface area contributed by atoms with E-state index in [0.717, 1.165) is 31.4 Å². The van der Waals surface area contributed by atoms with Gasteiger partial charge < -0.3 is 14.8 Å². The lowest BCUT2D eigenvalue weighted by Gasteiger charge is -2.10. The maximum Gasteiger partial charge on any atom is 0.224 e. The molecule has 1 aliphatic rings. The summed E-state index contributed by atoms with van der Waals surface area (Å²) in [5.74, 6) is -0.0301. The van der Waals surface area contributed by atoms with E-state index in [0.29, 0.717) is 36.2 Å². The molecule has 0 saturated carbocycles. The molecule has 0 aromatic heterocycles. The fourth-order valence-corrected chi connectivity index (χ4v) is 2.61. The Morgan fingerprint density at radius 2 is 2.23 bits per heavy atom. The third kappa shape index (κ3) is 6.13. The van der Waals surface area contributed by atoms with Crippen LogP contribution in [0.15, 0.2) is 18.2 Å². The first-order chi connectivity index (χ1) is 10.6. The molecule has 122 valence electrons. The number of hydrogen-bond acceptors (Lipinski definition) is 3. The average Bonchev–Trinajstić information content (AvgIpc) is 3.00. The van der Waals surface area contributed by atoms with Crippen molar-refractivity contribution < 1.29 is 14.3 Å². The highest BCUT2D eigenvalue weighted by Crippen LogP contribution is 2.22. The first kappa shape index (κ1) is 17.5. The number of benzene rings is 1. The molecule has 1 amide bonds. The number of nitrogens with one attached hydrogen (secondary N) is 1. The van der Waals surface area contributed by atoms with Crippen LogP contribution in [0, 0.1) is 0 Å². The Morgan fingerprint density at radius 3 is 2.95 bits per heavy atom. The van der Waals surface area contributed by atoms with Crippen LogP contribution in [0.3, 0.4) is 0 Å². The number of rotatable bonds is 8. The third-order valence-corrected chi connectivity index (χ3v) is 4.20. The van der Waals surface area contributed by atoms with Crippen LogP contribution in [0.4, 0.5) is 0 Å². The fraction of sp³-hybridized carbons (Fsp3) is 0.562. The summed E-state index contributed by atoms with van der Waals surface area (Å²) in [6.07, 6.45) is 3.55. The Bertz CT molecular complexity index is 490. The summed E-state index contributed by atoms with van der Waals surface area (Å²) in [7, 11) is 0. The zero-order chi connectivity index (χ0) is 15.8. The highest BCUT2D eigenvalue weighted by Gasteiger charge is 2.14. The SMILES string of the molecule is O=C(Cc1ccc(Cl)c(Cl)c1)NCCCOCC1CCCO1. The molecule has 1 aliphatic heterocycles. The van der Waals surface area contributed by atoms with E-state index in [9.17, 15) is 4.79 Å². The average molecular weight is 346 g/mol. The van der Waals surface area contributed by atoms with Crippen LogP contribution in [0.2, 0.25) is 10.0 Å². The van der Waals surface area contributed by atoms with E-state index in [2.05, 4.69) is 5.32 Å². The molecule has 1 fully saturated rings. The van der Waals surface area contributed by atoms with Gasteiger partial charge in [0.1, 0.15) is 0 Å². The Labute approximate surface area is 141 Å². The van der Waals surface area contributed by atoms with Crippen LogP contribution >= 0.6 is 23.2 Å². The molecule has 1 atom stereocenters. The van der Waals surface area contributed by atoms with Crippen molar-refractivity contribution in [2.45, 2.75) is 31.8 Å². The van der Waals surface area contributed by atoms with Gasteiger partial charge in [-0.1, -0.05) is 29.3 Å². The summed E-state index contributed by atoms with van der Waals surface area (Å²) in [5.41, 5.74) is 0.849. The summed E-state index contributed by atoms with van der Waals surface area (Å²) >= 11 is 11.8. The molecule has 0 aliphatic carbocycles. The summed E-state index contributed by atoms with van der Waals surface area (Å²) in [4.78, 5) is 11.8. The van der Waals surface area contributed by atoms with Crippen molar-refractivity contribution in [2.24, 2.45) is 0 Å². The monoisotopic (exact) mass is 345 g/mol. The molecule has 2 rings (SSSR count). The number of hydrogen-bond donors (Lipinski definition) is 1. The van der Waals surface area contributed by atoms with Crippen LogP contribution in [0.1, 0.15) is 24.8 Å². The predicted octanol–water partition coefficient (Wildman–Crippen LogP) is 3.24. The summed E-state index contributed by atoms with van der Waals surface area (Å²) in [6.45, 7) is 2.73. The molecule has 0 bridgehead atoms. The van der Waals surface area contributed by atoms with Crippen molar-refractivity contribution >= 4 is 29.1 Å². The first-order valence-corrected chi connectivity index (χ1v) is 8.30. The standard InChI is InChI=1S/C16H21Cl2NO3/c17-14-5-4-12(9-15(14)18)10-16(20)19-6-2-7-21-11-13-3-1-8-22-13/h4-5,9,13H,1-3,6-8,10-11H2,(H,19,20). The summed E-state index contributed by atoms with van der Waals surface area (Å²) < 4.78 is 11.0. The molecule has 1 unspecified atom stereocenters. The molecule has 1 aromatic carbocycles. The van der Waals surface area contributed by atoms with Gasteiger partial charge in [-0.3, -0.25) is 4.79 Å². The van der Waals surface area contributed by atoms with Crippen molar-refractivity contribution in [3.63, 3.8) is 0 Å². The predicted molar refractivity (Wildman–Crippen MR) is 87.6 cm³/mol. The van der Waals surface area contributed by atoms with Gasteiger partial charge in [0.15, 0.2) is 0 Å². The minimum absolute atomic E-state index is 0.0301. The van der Waals surface area contributed by atoms with E-state index < -0.39 is 0 Å². The minimum Gasteiger partial charge on any atom is -0.379 e. The van der Waals surface area contributed by atoms with Crippen molar-refractivity contribution in [1.82, 2.24) is 5.32 Å². The van der Waals surface area contributed by atoms with Gasteiger partial charge >= 0.3 is 0 Å². The van der Waals surface area contributed by atoms with Crippen LogP contribution in [-0.4, -0.2) is 38.4 Å². The van der Waals surface area contributed by atoms with Gasteiger partial charge in [-0.05, 0) is 37.0 Å². The lowest BCUT2D eigenvalue weighted by atomic mass is 10.1. The maximum atomic E-state index is 11.8. The van der Waals surface area contributed by atoms with E-state index >= 15 is 0 Å². The fourth-order valence-electron chi connectivity index (χ4n) is 2.29. The number of carbonyl (C=O) groups excluding carboxylic acids is 1. The molecule has 1 saturated heterocycles. The van der Waals surface area contributed by atoms with Crippen molar-refractivity contribution in [3.8, 4) is 0 Å². The van der Waals surface area contributed by atoms with Gasteiger partial charge in [-0.25, -0.2) is 0 Å². The molecular formula is C16H21Cl2NO3. The van der Waals surface area contributed by atoms with Crippen LogP contribution in [0.5, 0.6) is 0 Å². The second-order valence-corrected chi connectivity index (χ2v) is 6.15. The maximum absolute atomic E-state index is 11.8. The minimum atomic E-state index is -0.0301. The zero-order valence-electron chi connectivity index (χ0n) is 12.4. The highest BCUT2D eigenvalue weighted by atomic mass is 35.5. The Balaban J connectivity index is 1.54. The topological polar surface area (TPSA) is 47.6 Å². The second kappa shape index (κ2) is 9.36. The normalized spacial score (nSPS) is 17.6. The van der Waals surface area contributed by atoms with Crippen molar-refractivity contribution in [3.05, 3.63) is 33.8 Å². The number of amides is 1. The Hall–Kier alpha value is -0.810. The van der Waals surface area contributed by atoms with E-state index in [1.54, 1.807) is 18.2 Å². The third-order valence-electron chi connectivity index (χ3n) is 3.46. The smallest absolute Gasteiger partial charge is 0.224 e. The Morgan fingerprint density at radius 1 is 1.36 bits per heavy atom. The first-order valence-electron chi connectivity index (χ1n) is 7.55. The van der Waals surface area contributed by atoms with Crippen LogP contribution in [0.25, 0.3) is 0 Å². The number of halogens is 2. The van der Waals surface area contributed by atoms with E-state index in [1.807, 2.05) is 0 Å². The van der Waals surface area contributed by atoms with Crippen molar-refractivity contribution in [2.75, 3.05) is 26.4 Å². The molecule has 6 heteroatoms. The van der Waals surface area contributed by atoms with Crippen LogP contribution < -0.4 is 5.32 Å². The lowest BCUT2D eigenvalue weighted by molar-refractivity contribution is -0.120. The number of ether oxygens (including phenoxy) is 2. The molecule has 0 radical (unpaired) electrons.